The van der Waals surface area contributed by atoms with E-state index in [0.717, 1.165) is 65.8 Å². The minimum Gasteiger partial charge on any atom is -0.376 e. The van der Waals surface area contributed by atoms with Gasteiger partial charge in [-0.05, 0) is 71.5 Å². The summed E-state index contributed by atoms with van der Waals surface area (Å²) in [6, 6.07) is 16.6. The van der Waals surface area contributed by atoms with Crippen LogP contribution < -0.4 is 10.6 Å². The van der Waals surface area contributed by atoms with Gasteiger partial charge in [-0.3, -0.25) is 38.6 Å². The lowest BCUT2D eigenvalue weighted by Crippen LogP contribution is -2.58. The topological polar surface area (TPSA) is 212 Å². The van der Waals surface area contributed by atoms with Crippen molar-refractivity contribution in [2.24, 2.45) is 5.41 Å². The quantitative estimate of drug-likeness (QED) is 0.0430. The number of nitrogens with zero attached hydrogens (tertiary/aromatic N) is 3. The Hall–Kier alpha value is -5.87. The van der Waals surface area contributed by atoms with Gasteiger partial charge in [0.2, 0.25) is 23.6 Å². The zero-order valence-electron chi connectivity index (χ0n) is 40.2. The van der Waals surface area contributed by atoms with E-state index < -0.39 is 66.2 Å². The number of thiophene rings is 1. The number of benzene rings is 3. The molecule has 3 aromatic carbocycles. The zero-order valence-corrected chi connectivity index (χ0v) is 41.9. The second kappa shape index (κ2) is 21.7. The fraction of sp³-hybridized carbons (Fsp3) is 0.462. The van der Waals surface area contributed by atoms with Crippen molar-refractivity contribution in [3.63, 3.8) is 0 Å². The van der Waals surface area contributed by atoms with Crippen LogP contribution in [0.15, 0.2) is 72.8 Å². The molecular formula is C52H58F2N5O11PS. The Morgan fingerprint density at radius 2 is 1.75 bits per heavy atom. The Balaban J connectivity index is 0.891. The van der Waals surface area contributed by atoms with Crippen LogP contribution in [-0.2, 0) is 45.4 Å². The van der Waals surface area contributed by atoms with Crippen molar-refractivity contribution in [3.05, 3.63) is 105 Å². The lowest BCUT2D eigenvalue weighted by Gasteiger charge is -2.38. The number of fused-ring (bicyclic) bond motifs is 2. The second-order valence-electron chi connectivity index (χ2n) is 19.7. The fourth-order valence-corrected chi connectivity index (χ4v) is 11.1. The van der Waals surface area contributed by atoms with E-state index in [0.29, 0.717) is 36.4 Å². The highest BCUT2D eigenvalue weighted by Gasteiger charge is 2.51. The molecule has 0 radical (unpaired) electrons. The fourth-order valence-electron chi connectivity index (χ4n) is 9.63. The summed E-state index contributed by atoms with van der Waals surface area (Å²) in [4.78, 5) is 104. The van der Waals surface area contributed by atoms with Crippen LogP contribution in [0.3, 0.4) is 0 Å². The maximum absolute atomic E-state index is 14.8. The van der Waals surface area contributed by atoms with Crippen LogP contribution in [0.25, 0.3) is 10.1 Å². The minimum absolute atomic E-state index is 0.0865. The highest BCUT2D eigenvalue weighted by Crippen LogP contribution is 2.59. The van der Waals surface area contributed by atoms with Crippen LogP contribution in [0.1, 0.15) is 121 Å². The molecule has 0 bridgehead atoms. The molecule has 72 heavy (non-hydrogen) atoms. The molecule has 4 aliphatic heterocycles. The van der Waals surface area contributed by atoms with Crippen molar-refractivity contribution >= 4 is 64.5 Å². The highest BCUT2D eigenvalue weighted by molar-refractivity contribution is 7.52. The monoisotopic (exact) mass is 1030 g/mol. The van der Waals surface area contributed by atoms with Gasteiger partial charge in [-0.2, -0.15) is 8.78 Å². The molecule has 0 aliphatic carbocycles. The normalized spacial score (nSPS) is 21.0. The van der Waals surface area contributed by atoms with Crippen molar-refractivity contribution < 1.29 is 61.4 Å². The highest BCUT2D eigenvalue weighted by atomic mass is 32.1. The predicted molar refractivity (Wildman–Crippen MR) is 262 cm³/mol. The van der Waals surface area contributed by atoms with Crippen LogP contribution in [0, 0.1) is 17.3 Å². The van der Waals surface area contributed by atoms with E-state index in [1.54, 1.807) is 37.8 Å². The first-order chi connectivity index (χ1) is 34.2. The predicted octanol–water partition coefficient (Wildman–Crippen LogP) is 6.62. The number of rotatable bonds is 15. The van der Waals surface area contributed by atoms with Gasteiger partial charge in [0.15, 0.2) is 0 Å². The Labute approximate surface area is 419 Å². The summed E-state index contributed by atoms with van der Waals surface area (Å²) in [5, 5.41) is 5.35. The van der Waals surface area contributed by atoms with E-state index in [9.17, 15) is 51.9 Å². The maximum atomic E-state index is 14.8. The smallest absolute Gasteiger partial charge is 0.376 e. The lowest BCUT2D eigenvalue weighted by atomic mass is 9.85. The molecular weight excluding hydrogens is 972 g/mol. The third kappa shape index (κ3) is 11.5. The number of carbonyl (C=O) groups is 6. The van der Waals surface area contributed by atoms with Gasteiger partial charge in [-0.25, -0.2) is 0 Å². The van der Waals surface area contributed by atoms with Crippen LogP contribution >= 0.6 is 18.9 Å². The first kappa shape index (κ1) is 52.5. The number of morpholine rings is 1. The summed E-state index contributed by atoms with van der Waals surface area (Å²) >= 11 is 0.973. The molecule has 0 spiro atoms. The molecule has 0 saturated carbocycles. The summed E-state index contributed by atoms with van der Waals surface area (Å²) in [5.74, 6) is 3.98. The number of amides is 6. The van der Waals surface area contributed by atoms with Gasteiger partial charge in [-0.15, -0.1) is 11.3 Å². The molecule has 4 N–H and O–H groups in total. The molecule has 382 valence electrons. The van der Waals surface area contributed by atoms with Gasteiger partial charge in [0, 0.05) is 66.9 Å². The number of imide groups is 1. The molecule has 8 rings (SSSR count). The zero-order chi connectivity index (χ0) is 51.5. The molecule has 16 nitrogen and oxygen atoms in total. The van der Waals surface area contributed by atoms with Crippen molar-refractivity contribution in [2.75, 3.05) is 32.8 Å². The van der Waals surface area contributed by atoms with Gasteiger partial charge in [0.25, 0.3) is 11.8 Å². The number of nitrogens with one attached hydrogen (secondary N) is 2. The summed E-state index contributed by atoms with van der Waals surface area (Å²) < 4.78 is 53.5. The summed E-state index contributed by atoms with van der Waals surface area (Å²) in [7, 11) is -5.83. The lowest BCUT2D eigenvalue weighted by molar-refractivity contribution is -0.150. The van der Waals surface area contributed by atoms with E-state index in [1.165, 1.54) is 21.9 Å². The molecule has 5 atom stereocenters. The first-order valence-electron chi connectivity index (χ1n) is 24.1. The van der Waals surface area contributed by atoms with Crippen molar-refractivity contribution in [1.29, 1.82) is 0 Å². The molecule has 6 amide bonds. The van der Waals surface area contributed by atoms with Crippen molar-refractivity contribution in [1.82, 2.24) is 25.3 Å². The van der Waals surface area contributed by atoms with Crippen LogP contribution in [0.2, 0.25) is 0 Å². The van der Waals surface area contributed by atoms with E-state index in [-0.39, 0.29) is 73.0 Å². The van der Waals surface area contributed by atoms with Gasteiger partial charge in [0.05, 0.1) is 24.1 Å². The number of ether oxygens (including phenoxy) is 2. The number of hydrogen-bond donors (Lipinski definition) is 4. The number of alkyl halides is 2. The van der Waals surface area contributed by atoms with E-state index >= 15 is 0 Å². The number of hydrogen-bond acceptors (Lipinski definition) is 10. The first-order valence-corrected chi connectivity index (χ1v) is 26.6. The summed E-state index contributed by atoms with van der Waals surface area (Å²) in [5.41, 5.74) is -3.26. The van der Waals surface area contributed by atoms with Gasteiger partial charge in [-0.1, -0.05) is 87.9 Å². The van der Waals surface area contributed by atoms with Gasteiger partial charge < -0.3 is 39.3 Å². The third-order valence-electron chi connectivity index (χ3n) is 13.6. The maximum Gasteiger partial charge on any atom is 0.399 e. The Morgan fingerprint density at radius 1 is 0.986 bits per heavy atom. The second-order valence-corrected chi connectivity index (χ2v) is 22.4. The average molecular weight is 1030 g/mol. The van der Waals surface area contributed by atoms with E-state index in [2.05, 4.69) is 22.5 Å². The Kier molecular flexibility index (Phi) is 15.8. The van der Waals surface area contributed by atoms with Crippen LogP contribution in [0.4, 0.5) is 8.78 Å². The number of likely N-dealkylation sites (tertiary alicyclic amines) is 1. The number of carbonyl (C=O) groups excluding carboxylic acids is 6. The van der Waals surface area contributed by atoms with Crippen molar-refractivity contribution in [2.45, 2.75) is 115 Å². The third-order valence-corrected chi connectivity index (χ3v) is 15.7. The Morgan fingerprint density at radius 3 is 2.49 bits per heavy atom. The minimum atomic E-state index is -5.83. The molecule has 2 unspecified atom stereocenters. The molecule has 4 aliphatic rings. The summed E-state index contributed by atoms with van der Waals surface area (Å²) in [6.45, 7) is 6.97. The molecule has 20 heteroatoms. The Bertz CT molecular complexity index is 2860. The van der Waals surface area contributed by atoms with Crippen LogP contribution in [0.5, 0.6) is 0 Å². The molecule has 4 aromatic rings. The number of halogens is 2. The van der Waals surface area contributed by atoms with Gasteiger partial charge in [0.1, 0.15) is 24.2 Å². The molecule has 3 saturated heterocycles. The standard InChI is InChI=1S/C52H58F2N5O11PS/c1-51(2,3)45(56-47(62)43-27-34-26-35(19-21-42(34)72-43)52(53,54)71(66,67)68)50(65)58-29-36(28-40(58)49(64)57-23-25-70-41(31-57)33-15-10-8-11-16-33)69-24-12-7-5-4-6-9-14-32-17-13-18-37-38(32)30-59(48(37)63)39-20-22-44(60)55-46(39)61/h8,10-11,13,15-19,21,26-27,36,39-41,45H,4-7,12,20,22-25,28-31H2,1-3H3,(H,56,62)(H,55,60,61)(H2,66,67,68)/t36-,39?,40-,41?,45+/m0/s1. The van der Waals surface area contributed by atoms with E-state index in [4.69, 9.17) is 9.47 Å². The van der Waals surface area contributed by atoms with E-state index in [1.807, 2.05) is 36.4 Å². The largest absolute Gasteiger partial charge is 0.399 e. The van der Waals surface area contributed by atoms with Crippen molar-refractivity contribution in [3.8, 4) is 11.8 Å². The van der Waals surface area contributed by atoms with Gasteiger partial charge >= 0.3 is 13.3 Å². The average Bonchev–Trinajstić information content (AvgIpc) is 4.07. The number of piperidine rings is 1. The molecule has 1 aromatic heterocycles. The molecule has 5 heterocycles. The molecule has 3 fully saturated rings. The SMILES string of the molecule is CC(C)(C)[C@H](NC(=O)c1cc2cc(C(F)(F)P(=O)(O)O)ccc2s1)C(=O)N1C[C@@H](OCCCCCCC#Cc2cccc3c2CN(C2CCC(=O)NC2=O)C3=O)C[C@H]1C(=O)N1CCOC(c2ccccc2)C1. The number of unbranched alkanes of at least 4 members (excludes halogenated alkanes) is 4. The van der Waals surface area contributed by atoms with Crippen LogP contribution in [-0.4, -0.2) is 117 Å². The summed E-state index contributed by atoms with van der Waals surface area (Å²) in [6.07, 6.45) is 3.73.